The van der Waals surface area contributed by atoms with E-state index in [0.29, 0.717) is 28.5 Å². The predicted molar refractivity (Wildman–Crippen MR) is 101 cm³/mol. The predicted octanol–water partition coefficient (Wildman–Crippen LogP) is 3.12. The number of ether oxygens (including phenoxy) is 1. The SMILES string of the molecule is CC(=O)Nc1ccc(Oc2ccc(C(=O)N[C@@H]3C[C@H]4CC[C@@H]3N4)cc2)s1. The minimum absolute atomic E-state index is 0.0417. The molecule has 1 aromatic heterocycles. The third-order valence-electron chi connectivity index (χ3n) is 4.83. The lowest BCUT2D eigenvalue weighted by atomic mass is 9.95. The topological polar surface area (TPSA) is 79.5 Å². The van der Waals surface area contributed by atoms with Gasteiger partial charge in [-0.05, 0) is 55.7 Å². The number of amides is 2. The van der Waals surface area contributed by atoms with Crippen LogP contribution in [0.25, 0.3) is 0 Å². The molecule has 2 aromatic rings. The molecule has 3 N–H and O–H groups in total. The third kappa shape index (κ3) is 3.73. The van der Waals surface area contributed by atoms with Crippen molar-refractivity contribution in [3.63, 3.8) is 0 Å². The minimum Gasteiger partial charge on any atom is -0.447 e. The lowest BCUT2D eigenvalue weighted by Crippen LogP contribution is -2.42. The fourth-order valence-corrected chi connectivity index (χ4v) is 4.46. The molecule has 0 radical (unpaired) electrons. The number of fused-ring (bicyclic) bond motifs is 2. The van der Waals surface area contributed by atoms with Crippen LogP contribution < -0.4 is 20.7 Å². The molecule has 2 aliphatic heterocycles. The van der Waals surface area contributed by atoms with Crippen molar-refractivity contribution in [2.75, 3.05) is 5.32 Å². The maximum Gasteiger partial charge on any atom is 0.251 e. The second kappa shape index (κ2) is 7.09. The van der Waals surface area contributed by atoms with E-state index in [-0.39, 0.29) is 17.9 Å². The molecule has 3 heterocycles. The van der Waals surface area contributed by atoms with Gasteiger partial charge in [0.2, 0.25) is 5.91 Å². The normalized spacial score (nSPS) is 23.7. The Kier molecular flexibility index (Phi) is 4.65. The summed E-state index contributed by atoms with van der Waals surface area (Å²) >= 11 is 1.35. The van der Waals surface area contributed by atoms with Crippen LogP contribution in [-0.4, -0.2) is 29.9 Å². The van der Waals surface area contributed by atoms with Crippen LogP contribution in [0.5, 0.6) is 10.8 Å². The fourth-order valence-electron chi connectivity index (χ4n) is 3.64. The zero-order chi connectivity index (χ0) is 18.1. The molecule has 0 spiro atoms. The molecular weight excluding hydrogens is 350 g/mol. The number of nitrogens with one attached hydrogen (secondary N) is 3. The van der Waals surface area contributed by atoms with Crippen LogP contribution in [0.4, 0.5) is 5.00 Å². The van der Waals surface area contributed by atoms with Gasteiger partial charge in [-0.1, -0.05) is 11.3 Å². The molecule has 4 rings (SSSR count). The second-order valence-electron chi connectivity index (χ2n) is 6.79. The maximum atomic E-state index is 12.4. The van der Waals surface area contributed by atoms with E-state index in [2.05, 4.69) is 16.0 Å². The number of carbonyl (C=O) groups excluding carboxylic acids is 2. The first-order valence-corrected chi connectivity index (χ1v) is 9.61. The van der Waals surface area contributed by atoms with Gasteiger partial charge in [-0.25, -0.2) is 0 Å². The number of anilines is 1. The zero-order valence-electron chi connectivity index (χ0n) is 14.5. The lowest BCUT2D eigenvalue weighted by Gasteiger charge is -2.21. The van der Waals surface area contributed by atoms with Crippen LogP contribution in [0.3, 0.4) is 0 Å². The molecule has 2 saturated heterocycles. The monoisotopic (exact) mass is 371 g/mol. The molecule has 6 nitrogen and oxygen atoms in total. The van der Waals surface area contributed by atoms with Crippen molar-refractivity contribution in [3.05, 3.63) is 42.0 Å². The number of thiophene rings is 1. The lowest BCUT2D eigenvalue weighted by molar-refractivity contribution is -0.114. The summed E-state index contributed by atoms with van der Waals surface area (Å²) in [5, 5.41) is 10.8. The highest BCUT2D eigenvalue weighted by molar-refractivity contribution is 7.18. The number of hydrogen-bond donors (Lipinski definition) is 3. The molecule has 0 saturated carbocycles. The summed E-state index contributed by atoms with van der Waals surface area (Å²) in [5.74, 6) is 0.499. The average molecular weight is 371 g/mol. The molecule has 2 fully saturated rings. The Bertz CT molecular complexity index is 818. The van der Waals surface area contributed by atoms with E-state index in [9.17, 15) is 9.59 Å². The molecule has 0 aliphatic carbocycles. The first-order chi connectivity index (χ1) is 12.6. The van der Waals surface area contributed by atoms with Gasteiger partial charge >= 0.3 is 0 Å². The Morgan fingerprint density at radius 2 is 1.96 bits per heavy atom. The summed E-state index contributed by atoms with van der Waals surface area (Å²) in [6.45, 7) is 1.47. The highest BCUT2D eigenvalue weighted by atomic mass is 32.1. The van der Waals surface area contributed by atoms with Crippen LogP contribution in [0.2, 0.25) is 0 Å². The van der Waals surface area contributed by atoms with E-state index in [4.69, 9.17) is 4.74 Å². The third-order valence-corrected chi connectivity index (χ3v) is 5.71. The summed E-state index contributed by atoms with van der Waals surface area (Å²) in [5.41, 5.74) is 0.630. The van der Waals surface area contributed by atoms with Crippen LogP contribution in [0, 0.1) is 0 Å². The van der Waals surface area contributed by atoms with Gasteiger partial charge < -0.3 is 20.7 Å². The molecule has 7 heteroatoms. The molecule has 26 heavy (non-hydrogen) atoms. The van der Waals surface area contributed by atoms with E-state index >= 15 is 0 Å². The van der Waals surface area contributed by atoms with E-state index in [0.717, 1.165) is 17.8 Å². The number of rotatable bonds is 5. The summed E-state index contributed by atoms with van der Waals surface area (Å²) < 4.78 is 5.77. The molecule has 3 atom stereocenters. The van der Waals surface area contributed by atoms with Gasteiger partial charge in [0.1, 0.15) is 5.75 Å². The maximum absolute atomic E-state index is 12.4. The van der Waals surface area contributed by atoms with E-state index in [1.54, 1.807) is 36.4 Å². The van der Waals surface area contributed by atoms with Crippen molar-refractivity contribution in [2.24, 2.45) is 0 Å². The fraction of sp³-hybridized carbons (Fsp3) is 0.368. The number of carbonyl (C=O) groups is 2. The summed E-state index contributed by atoms with van der Waals surface area (Å²) in [4.78, 5) is 23.5. The molecule has 2 aliphatic rings. The van der Waals surface area contributed by atoms with Crippen LogP contribution >= 0.6 is 11.3 Å². The van der Waals surface area contributed by atoms with Gasteiger partial charge in [0.05, 0.1) is 5.00 Å². The van der Waals surface area contributed by atoms with Crippen molar-refractivity contribution < 1.29 is 14.3 Å². The quantitative estimate of drug-likeness (QED) is 0.754. The number of hydrogen-bond acceptors (Lipinski definition) is 5. The largest absolute Gasteiger partial charge is 0.447 e. The average Bonchev–Trinajstić information content (AvgIpc) is 3.32. The van der Waals surface area contributed by atoms with Gasteiger partial charge in [0.15, 0.2) is 5.06 Å². The van der Waals surface area contributed by atoms with E-state index in [1.165, 1.54) is 24.7 Å². The molecule has 136 valence electrons. The Morgan fingerprint density at radius 3 is 2.62 bits per heavy atom. The summed E-state index contributed by atoms with van der Waals surface area (Å²) in [6, 6.07) is 11.9. The van der Waals surface area contributed by atoms with Crippen molar-refractivity contribution in [3.8, 4) is 10.8 Å². The first-order valence-electron chi connectivity index (χ1n) is 8.79. The minimum atomic E-state index is -0.112. The highest BCUT2D eigenvalue weighted by Gasteiger charge is 2.39. The van der Waals surface area contributed by atoms with Crippen molar-refractivity contribution in [1.29, 1.82) is 0 Å². The van der Waals surface area contributed by atoms with Gasteiger partial charge in [-0.15, -0.1) is 0 Å². The Labute approximate surface area is 155 Å². The van der Waals surface area contributed by atoms with Crippen LogP contribution in [0.1, 0.15) is 36.5 Å². The zero-order valence-corrected chi connectivity index (χ0v) is 15.3. The Hall–Kier alpha value is -2.38. The van der Waals surface area contributed by atoms with Gasteiger partial charge in [-0.2, -0.15) is 0 Å². The molecule has 1 aromatic carbocycles. The molecule has 2 bridgehead atoms. The highest BCUT2D eigenvalue weighted by Crippen LogP contribution is 2.33. The summed E-state index contributed by atoms with van der Waals surface area (Å²) in [6.07, 6.45) is 3.38. The van der Waals surface area contributed by atoms with Crippen LogP contribution in [0.15, 0.2) is 36.4 Å². The molecular formula is C19H21N3O3S. The summed E-state index contributed by atoms with van der Waals surface area (Å²) in [7, 11) is 0. The van der Waals surface area contributed by atoms with Crippen LogP contribution in [-0.2, 0) is 4.79 Å². The second-order valence-corrected chi connectivity index (χ2v) is 7.84. The number of benzene rings is 1. The molecule has 0 unspecified atom stereocenters. The van der Waals surface area contributed by atoms with Crippen molar-refractivity contribution in [1.82, 2.24) is 10.6 Å². The van der Waals surface area contributed by atoms with Gasteiger partial charge in [0.25, 0.3) is 5.91 Å². The smallest absolute Gasteiger partial charge is 0.251 e. The first kappa shape index (κ1) is 17.1. The van der Waals surface area contributed by atoms with E-state index < -0.39 is 0 Å². The van der Waals surface area contributed by atoms with Crippen molar-refractivity contribution >= 4 is 28.2 Å². The van der Waals surface area contributed by atoms with Gasteiger partial charge in [0, 0.05) is 30.6 Å². The Balaban J connectivity index is 1.35. The van der Waals surface area contributed by atoms with E-state index in [1.807, 2.05) is 0 Å². The van der Waals surface area contributed by atoms with Gasteiger partial charge in [-0.3, -0.25) is 9.59 Å². The standard InChI is InChI=1S/C19H21N3O3S/c1-11(23)20-17-8-9-18(26-17)25-14-5-2-12(3-6-14)19(24)22-16-10-13-4-7-15(16)21-13/h2-3,5-6,8-9,13,15-16,21H,4,7,10H2,1H3,(H,20,23)(H,22,24)/t13-,15+,16-/m1/s1. The Morgan fingerprint density at radius 1 is 1.15 bits per heavy atom. The van der Waals surface area contributed by atoms with Crippen molar-refractivity contribution in [2.45, 2.75) is 44.3 Å². The molecule has 2 amide bonds.